The average Bonchev–Trinajstić information content (AvgIpc) is 3.01. The van der Waals surface area contributed by atoms with Crippen LogP contribution in [0.3, 0.4) is 0 Å². The van der Waals surface area contributed by atoms with Crippen LogP contribution < -0.4 is 0 Å². The highest BCUT2D eigenvalue weighted by atomic mass is 32.1. The van der Waals surface area contributed by atoms with Crippen molar-refractivity contribution in [2.45, 2.75) is 25.2 Å². The van der Waals surface area contributed by atoms with Gasteiger partial charge in [-0.15, -0.1) is 11.3 Å². The predicted molar refractivity (Wildman–Crippen MR) is 78.6 cm³/mol. The topological polar surface area (TPSA) is 46.1 Å². The molecule has 4 nitrogen and oxygen atoms in total. The van der Waals surface area contributed by atoms with Gasteiger partial charge in [0.1, 0.15) is 0 Å². The standard InChI is InChI=1S/C15H17N3OS/c19-15(9-13-4-2-8-20-13)18-7-1-3-12(11-18)14-10-16-5-6-17-14/h2,4-6,8,10,12H,1,3,7,9,11H2/t12-/m1/s1. The Kier molecular flexibility index (Phi) is 4.06. The van der Waals surface area contributed by atoms with Crippen molar-refractivity contribution in [2.75, 3.05) is 13.1 Å². The second-order valence-electron chi connectivity index (χ2n) is 5.07. The van der Waals surface area contributed by atoms with Gasteiger partial charge in [0.05, 0.1) is 12.1 Å². The van der Waals surface area contributed by atoms with E-state index in [0.717, 1.165) is 36.5 Å². The first-order valence-corrected chi connectivity index (χ1v) is 7.77. The number of amides is 1. The lowest BCUT2D eigenvalue weighted by atomic mass is 9.95. The van der Waals surface area contributed by atoms with Crippen molar-refractivity contribution >= 4 is 17.2 Å². The Hall–Kier alpha value is -1.75. The normalized spacial score (nSPS) is 19.0. The van der Waals surface area contributed by atoms with Gasteiger partial charge in [0.15, 0.2) is 0 Å². The lowest BCUT2D eigenvalue weighted by Gasteiger charge is -2.32. The molecule has 0 N–H and O–H groups in total. The zero-order valence-electron chi connectivity index (χ0n) is 11.2. The van der Waals surface area contributed by atoms with Gasteiger partial charge < -0.3 is 4.90 Å². The first kappa shape index (κ1) is 13.2. The molecule has 104 valence electrons. The van der Waals surface area contributed by atoms with E-state index in [1.807, 2.05) is 28.6 Å². The molecule has 0 bridgehead atoms. The lowest BCUT2D eigenvalue weighted by molar-refractivity contribution is -0.131. The van der Waals surface area contributed by atoms with Crippen molar-refractivity contribution in [3.63, 3.8) is 0 Å². The smallest absolute Gasteiger partial charge is 0.227 e. The number of hydrogen-bond donors (Lipinski definition) is 0. The molecule has 2 aromatic heterocycles. The minimum Gasteiger partial charge on any atom is -0.342 e. The molecule has 1 aliphatic heterocycles. The van der Waals surface area contributed by atoms with Gasteiger partial charge >= 0.3 is 0 Å². The van der Waals surface area contributed by atoms with E-state index < -0.39 is 0 Å². The van der Waals surface area contributed by atoms with Gasteiger partial charge in [-0.3, -0.25) is 14.8 Å². The van der Waals surface area contributed by atoms with Gasteiger partial charge in [0.25, 0.3) is 0 Å². The summed E-state index contributed by atoms with van der Waals surface area (Å²) in [6.45, 7) is 1.63. The minimum atomic E-state index is 0.223. The van der Waals surface area contributed by atoms with Gasteiger partial charge in [-0.2, -0.15) is 0 Å². The molecular weight excluding hydrogens is 270 g/mol. The number of hydrogen-bond acceptors (Lipinski definition) is 4. The molecule has 3 heterocycles. The van der Waals surface area contributed by atoms with Crippen LogP contribution in [-0.4, -0.2) is 33.9 Å². The van der Waals surface area contributed by atoms with Crippen LogP contribution in [0.25, 0.3) is 0 Å². The van der Waals surface area contributed by atoms with E-state index >= 15 is 0 Å². The SMILES string of the molecule is O=C(Cc1cccs1)N1CCC[C@@H](c2cnccn2)C1. The van der Waals surface area contributed by atoms with E-state index in [9.17, 15) is 4.79 Å². The van der Waals surface area contributed by atoms with Crippen molar-refractivity contribution in [3.05, 3.63) is 46.7 Å². The largest absolute Gasteiger partial charge is 0.342 e. The van der Waals surface area contributed by atoms with Crippen molar-refractivity contribution in [2.24, 2.45) is 0 Å². The number of carbonyl (C=O) groups excluding carboxylic acids is 1. The second kappa shape index (κ2) is 6.13. The van der Waals surface area contributed by atoms with Crippen LogP contribution in [0.2, 0.25) is 0 Å². The maximum atomic E-state index is 12.3. The van der Waals surface area contributed by atoms with Crippen LogP contribution in [0.5, 0.6) is 0 Å². The second-order valence-corrected chi connectivity index (χ2v) is 6.10. The summed E-state index contributed by atoms with van der Waals surface area (Å²) in [6.07, 6.45) is 7.87. The van der Waals surface area contributed by atoms with Crippen LogP contribution in [-0.2, 0) is 11.2 Å². The quantitative estimate of drug-likeness (QED) is 0.871. The highest BCUT2D eigenvalue weighted by Gasteiger charge is 2.25. The van der Waals surface area contributed by atoms with E-state index in [4.69, 9.17) is 0 Å². The fourth-order valence-corrected chi connectivity index (χ4v) is 3.34. The van der Waals surface area contributed by atoms with E-state index in [1.165, 1.54) is 0 Å². The summed E-state index contributed by atoms with van der Waals surface area (Å²) < 4.78 is 0. The molecule has 0 saturated carbocycles. The Morgan fingerprint density at radius 1 is 1.45 bits per heavy atom. The summed E-state index contributed by atoms with van der Waals surface area (Å²) >= 11 is 1.64. The third-order valence-corrected chi connectivity index (χ3v) is 4.56. The van der Waals surface area contributed by atoms with Crippen LogP contribution in [0.1, 0.15) is 29.3 Å². The fraction of sp³-hybridized carbons (Fsp3) is 0.400. The number of thiophene rings is 1. The molecule has 20 heavy (non-hydrogen) atoms. The minimum absolute atomic E-state index is 0.223. The first-order chi connectivity index (χ1) is 9.83. The third-order valence-electron chi connectivity index (χ3n) is 3.68. The number of rotatable bonds is 3. The van der Waals surface area contributed by atoms with Gasteiger partial charge in [-0.1, -0.05) is 6.07 Å². The molecule has 5 heteroatoms. The summed E-state index contributed by atoms with van der Waals surface area (Å²) in [4.78, 5) is 23.9. The average molecular weight is 287 g/mol. The van der Waals surface area contributed by atoms with Crippen LogP contribution in [0.4, 0.5) is 0 Å². The Morgan fingerprint density at radius 2 is 2.40 bits per heavy atom. The maximum Gasteiger partial charge on any atom is 0.227 e. The summed E-state index contributed by atoms with van der Waals surface area (Å²) in [7, 11) is 0. The molecular formula is C15H17N3OS. The van der Waals surface area contributed by atoms with Crippen molar-refractivity contribution in [3.8, 4) is 0 Å². The number of carbonyl (C=O) groups is 1. The van der Waals surface area contributed by atoms with E-state index in [1.54, 1.807) is 23.7 Å². The summed E-state index contributed by atoms with van der Waals surface area (Å²) in [5, 5.41) is 2.02. The molecule has 1 fully saturated rings. The maximum absolute atomic E-state index is 12.3. The molecule has 0 aromatic carbocycles. The van der Waals surface area contributed by atoms with E-state index in [-0.39, 0.29) is 5.91 Å². The Bertz CT molecular complexity index is 556. The van der Waals surface area contributed by atoms with E-state index in [0.29, 0.717) is 12.3 Å². The van der Waals surface area contributed by atoms with Crippen LogP contribution in [0, 0.1) is 0 Å². The van der Waals surface area contributed by atoms with Crippen LogP contribution >= 0.6 is 11.3 Å². The van der Waals surface area contributed by atoms with Crippen LogP contribution in [0.15, 0.2) is 36.1 Å². The monoisotopic (exact) mass is 287 g/mol. The summed E-state index contributed by atoms with van der Waals surface area (Å²) in [6, 6.07) is 4.01. The Morgan fingerprint density at radius 3 is 3.15 bits per heavy atom. The molecule has 1 amide bonds. The van der Waals surface area contributed by atoms with Gasteiger partial charge in [0, 0.05) is 42.5 Å². The summed E-state index contributed by atoms with van der Waals surface area (Å²) in [5.74, 6) is 0.547. The molecule has 2 aromatic rings. The van der Waals surface area contributed by atoms with E-state index in [2.05, 4.69) is 9.97 Å². The number of likely N-dealkylation sites (tertiary alicyclic amines) is 1. The molecule has 1 aliphatic rings. The summed E-state index contributed by atoms with van der Waals surface area (Å²) in [5.41, 5.74) is 1.00. The Balaban J connectivity index is 1.64. The molecule has 0 radical (unpaired) electrons. The third kappa shape index (κ3) is 3.04. The molecule has 1 atom stereocenters. The zero-order valence-corrected chi connectivity index (χ0v) is 12.1. The fourth-order valence-electron chi connectivity index (χ4n) is 2.64. The number of nitrogens with zero attached hydrogens (tertiary/aromatic N) is 3. The van der Waals surface area contributed by atoms with Crippen molar-refractivity contribution in [1.82, 2.24) is 14.9 Å². The van der Waals surface area contributed by atoms with Crippen molar-refractivity contribution < 1.29 is 4.79 Å². The molecule has 0 spiro atoms. The number of aromatic nitrogens is 2. The van der Waals surface area contributed by atoms with Gasteiger partial charge in [0.2, 0.25) is 5.91 Å². The number of piperidine rings is 1. The molecule has 1 saturated heterocycles. The molecule has 0 unspecified atom stereocenters. The molecule has 3 rings (SSSR count). The Labute approximate surface area is 122 Å². The lowest BCUT2D eigenvalue weighted by Crippen LogP contribution is -2.40. The highest BCUT2D eigenvalue weighted by Crippen LogP contribution is 2.25. The van der Waals surface area contributed by atoms with Gasteiger partial charge in [-0.25, -0.2) is 0 Å². The first-order valence-electron chi connectivity index (χ1n) is 6.89. The molecule has 0 aliphatic carbocycles. The van der Waals surface area contributed by atoms with Crippen molar-refractivity contribution in [1.29, 1.82) is 0 Å². The predicted octanol–water partition coefficient (Wildman–Crippen LogP) is 2.49. The zero-order chi connectivity index (χ0) is 13.8. The highest BCUT2D eigenvalue weighted by molar-refractivity contribution is 7.10. The van der Waals surface area contributed by atoms with Gasteiger partial charge in [-0.05, 0) is 24.3 Å².